The summed E-state index contributed by atoms with van der Waals surface area (Å²) in [5, 5.41) is 4.34. The van der Waals surface area contributed by atoms with Crippen molar-refractivity contribution in [2.24, 2.45) is 0 Å². The smallest absolute Gasteiger partial charge is 0.0384 e. The molecule has 0 aliphatic carbocycles. The first kappa shape index (κ1) is 9.82. The van der Waals surface area contributed by atoms with Gasteiger partial charge >= 0.3 is 0 Å². The molecule has 0 aliphatic heterocycles. The molecule has 0 fully saturated rings. The van der Waals surface area contributed by atoms with Crippen LogP contribution in [0.25, 0.3) is 21.5 Å². The molecule has 2 heteroatoms. The first-order chi connectivity index (χ1) is 7.79. The Labute approximate surface area is 105 Å². The van der Waals surface area contributed by atoms with Gasteiger partial charge in [0.1, 0.15) is 0 Å². The van der Waals surface area contributed by atoms with Gasteiger partial charge in [0.15, 0.2) is 0 Å². The molecule has 3 aromatic rings. The Kier molecular flexibility index (Phi) is 2.20. The number of rotatable bonds is 0. The highest BCUT2D eigenvalue weighted by molar-refractivity contribution is 7.60. The minimum absolute atomic E-state index is 0.903. The van der Waals surface area contributed by atoms with Gasteiger partial charge in [-0.15, -0.1) is 0 Å². The highest BCUT2D eigenvalue weighted by atomic mass is 32.1. The van der Waals surface area contributed by atoms with Crippen molar-refractivity contribution in [2.45, 2.75) is 9.79 Å². The Morgan fingerprint density at radius 3 is 1.00 bits per heavy atom. The van der Waals surface area contributed by atoms with Crippen LogP contribution in [-0.2, 0) is 25.3 Å². The fourth-order valence-corrected chi connectivity index (χ4v) is 2.76. The second kappa shape index (κ2) is 3.58. The van der Waals surface area contributed by atoms with Crippen molar-refractivity contribution in [3.63, 3.8) is 0 Å². The normalized spacial score (nSPS) is 11.0. The Morgan fingerprint density at radius 1 is 0.500 bits per heavy atom. The van der Waals surface area contributed by atoms with Crippen molar-refractivity contribution in [1.29, 1.82) is 0 Å². The second-order valence-corrected chi connectivity index (χ2v) is 4.57. The summed E-state index contributed by atoms with van der Waals surface area (Å²) >= 11 is 11.0. The van der Waals surface area contributed by atoms with Crippen LogP contribution in [0, 0.1) is 0 Å². The molecule has 3 aromatic carbocycles. The summed E-state index contributed by atoms with van der Waals surface area (Å²) in [4.78, 5) is 1.81. The van der Waals surface area contributed by atoms with Crippen LogP contribution in [-0.4, -0.2) is 0 Å². The molecule has 0 amide bonds. The molecule has 16 heavy (non-hydrogen) atoms. The summed E-state index contributed by atoms with van der Waals surface area (Å²) in [7, 11) is 0. The largest absolute Gasteiger partial charge is 0.779 e. The van der Waals surface area contributed by atoms with Gasteiger partial charge in [-0.1, -0.05) is 48.5 Å². The zero-order chi connectivity index (χ0) is 11.1. The van der Waals surface area contributed by atoms with E-state index < -0.39 is 0 Å². The van der Waals surface area contributed by atoms with Crippen LogP contribution < -0.4 is 0 Å². The minimum Gasteiger partial charge on any atom is -0.779 e. The van der Waals surface area contributed by atoms with Gasteiger partial charge in [-0.2, -0.15) is 9.79 Å². The lowest BCUT2D eigenvalue weighted by atomic mass is 10.0. The molecule has 0 aromatic heterocycles. The van der Waals surface area contributed by atoms with E-state index in [2.05, 4.69) is 0 Å². The van der Waals surface area contributed by atoms with Crippen LogP contribution in [0.15, 0.2) is 58.3 Å². The van der Waals surface area contributed by atoms with E-state index >= 15 is 0 Å². The van der Waals surface area contributed by atoms with Crippen molar-refractivity contribution < 1.29 is 0 Å². The van der Waals surface area contributed by atoms with Gasteiger partial charge in [-0.25, -0.2) is 0 Å². The van der Waals surface area contributed by atoms with Crippen LogP contribution >= 0.6 is 0 Å². The van der Waals surface area contributed by atoms with Crippen molar-refractivity contribution in [2.75, 3.05) is 0 Å². The van der Waals surface area contributed by atoms with Crippen LogP contribution in [0.1, 0.15) is 0 Å². The molecule has 0 unspecified atom stereocenters. The molecule has 0 saturated carbocycles. The van der Waals surface area contributed by atoms with Gasteiger partial charge in [-0.3, -0.25) is 0 Å². The van der Waals surface area contributed by atoms with Gasteiger partial charge in [0.2, 0.25) is 0 Å². The van der Waals surface area contributed by atoms with E-state index in [0.29, 0.717) is 0 Å². The molecular weight excluding hydrogens is 232 g/mol. The van der Waals surface area contributed by atoms with Crippen molar-refractivity contribution >= 4 is 46.8 Å². The zero-order valence-corrected chi connectivity index (χ0v) is 10.1. The topological polar surface area (TPSA) is 0 Å². The Morgan fingerprint density at radius 2 is 0.750 bits per heavy atom. The molecule has 0 bridgehead atoms. The predicted molar refractivity (Wildman–Crippen MR) is 72.7 cm³/mol. The molecule has 0 heterocycles. The Bertz CT molecular complexity index is 570. The highest BCUT2D eigenvalue weighted by Gasteiger charge is 1.99. The van der Waals surface area contributed by atoms with Gasteiger partial charge in [-0.05, 0) is 21.5 Å². The molecule has 0 saturated heterocycles. The van der Waals surface area contributed by atoms with E-state index in [1.165, 1.54) is 0 Å². The fraction of sp³-hybridized carbons (Fsp3) is 0. The zero-order valence-electron chi connectivity index (χ0n) is 8.44. The van der Waals surface area contributed by atoms with Crippen LogP contribution in [0.3, 0.4) is 0 Å². The van der Waals surface area contributed by atoms with Gasteiger partial charge in [0, 0.05) is 0 Å². The lowest BCUT2D eigenvalue weighted by molar-refractivity contribution is 1.55. The molecule has 0 radical (unpaired) electrons. The quantitative estimate of drug-likeness (QED) is 0.433. The summed E-state index contributed by atoms with van der Waals surface area (Å²) in [6.45, 7) is 0. The van der Waals surface area contributed by atoms with Gasteiger partial charge < -0.3 is 25.3 Å². The lowest BCUT2D eigenvalue weighted by Crippen LogP contribution is -1.86. The Hall–Kier alpha value is -1.38. The SMILES string of the molecule is [S-]c1c2ccccc2c([S-])c2ccccc12. The molecular formula is C14H8S2-2. The summed E-state index contributed by atoms with van der Waals surface area (Å²) in [5.74, 6) is 0. The van der Waals surface area contributed by atoms with Gasteiger partial charge in [0.05, 0.1) is 0 Å². The summed E-state index contributed by atoms with van der Waals surface area (Å²) < 4.78 is 0. The minimum atomic E-state index is 0.903. The molecule has 0 aliphatic rings. The Balaban J connectivity index is 2.67. The number of hydrogen-bond acceptors (Lipinski definition) is 2. The predicted octanol–water partition coefficient (Wildman–Crippen LogP) is 3.80. The third-order valence-electron chi connectivity index (χ3n) is 2.83. The monoisotopic (exact) mass is 240 g/mol. The fourth-order valence-electron chi connectivity index (χ4n) is 2.05. The van der Waals surface area contributed by atoms with Crippen LogP contribution in [0.4, 0.5) is 0 Å². The van der Waals surface area contributed by atoms with Crippen molar-refractivity contribution in [1.82, 2.24) is 0 Å². The molecule has 3 rings (SSSR count). The lowest BCUT2D eigenvalue weighted by Gasteiger charge is -2.22. The maximum absolute atomic E-state index is 5.51. The van der Waals surface area contributed by atoms with Crippen molar-refractivity contribution in [3.05, 3.63) is 48.5 Å². The molecule has 0 spiro atoms. The highest BCUT2D eigenvalue weighted by Crippen LogP contribution is 2.32. The van der Waals surface area contributed by atoms with Gasteiger partial charge in [0.25, 0.3) is 0 Å². The van der Waals surface area contributed by atoms with E-state index in [1.807, 2.05) is 48.5 Å². The van der Waals surface area contributed by atoms with Crippen molar-refractivity contribution in [3.8, 4) is 0 Å². The summed E-state index contributed by atoms with van der Waals surface area (Å²) in [6.07, 6.45) is 0. The van der Waals surface area contributed by atoms with E-state index in [1.54, 1.807) is 0 Å². The molecule has 0 atom stereocenters. The third kappa shape index (κ3) is 1.27. The van der Waals surface area contributed by atoms with E-state index in [9.17, 15) is 0 Å². The van der Waals surface area contributed by atoms with E-state index in [-0.39, 0.29) is 0 Å². The standard InChI is InChI=1S/C14H10S2/c15-13-9-5-1-2-6-10(9)14(16)12-8-4-3-7-11(12)13/h1-8,15-16H/p-2. The molecule has 0 nitrogen and oxygen atoms in total. The number of fused-ring (bicyclic) bond motifs is 2. The second-order valence-electron chi connectivity index (χ2n) is 3.75. The summed E-state index contributed by atoms with van der Waals surface area (Å²) in [5.41, 5.74) is 0. The average Bonchev–Trinajstić information content (AvgIpc) is 2.36. The number of benzene rings is 3. The first-order valence-electron chi connectivity index (χ1n) is 5.06. The maximum atomic E-state index is 5.51. The first-order valence-corrected chi connectivity index (χ1v) is 5.88. The summed E-state index contributed by atoms with van der Waals surface area (Å²) in [6, 6.07) is 16.2. The molecule has 78 valence electrons. The average molecular weight is 240 g/mol. The number of hydrogen-bond donors (Lipinski definition) is 0. The van der Waals surface area contributed by atoms with Crippen LogP contribution in [0.2, 0.25) is 0 Å². The van der Waals surface area contributed by atoms with Crippen LogP contribution in [0.5, 0.6) is 0 Å². The maximum Gasteiger partial charge on any atom is -0.0384 e. The van der Waals surface area contributed by atoms with E-state index in [0.717, 1.165) is 31.3 Å². The van der Waals surface area contributed by atoms with E-state index in [4.69, 9.17) is 25.3 Å². The third-order valence-corrected chi connectivity index (χ3v) is 3.71. The molecule has 0 N–H and O–H groups in total.